The minimum atomic E-state index is -0.201. The Labute approximate surface area is 186 Å². The summed E-state index contributed by atoms with van der Waals surface area (Å²) in [5.41, 5.74) is 2.22. The minimum Gasteiger partial charge on any atom is -0.493 e. The van der Waals surface area contributed by atoms with Crippen LogP contribution in [0.1, 0.15) is 15.9 Å². The van der Waals surface area contributed by atoms with Crippen LogP contribution in [0, 0.1) is 0 Å². The molecule has 0 aliphatic heterocycles. The second kappa shape index (κ2) is 11.0. The lowest BCUT2D eigenvalue weighted by atomic mass is 10.1. The van der Waals surface area contributed by atoms with Gasteiger partial charge >= 0.3 is 0 Å². The Hall–Kier alpha value is -3.51. The Morgan fingerprint density at radius 1 is 0.903 bits per heavy atom. The molecule has 0 saturated heterocycles. The largest absolute Gasteiger partial charge is 0.493 e. The van der Waals surface area contributed by atoms with Gasteiger partial charge in [-0.15, -0.1) is 11.8 Å². The van der Waals surface area contributed by atoms with E-state index in [-0.39, 0.29) is 11.7 Å². The summed E-state index contributed by atoms with van der Waals surface area (Å²) in [7, 11) is 3.10. The highest BCUT2D eigenvalue weighted by atomic mass is 32.2. The molecule has 1 N–H and O–H groups in total. The molecule has 5 nitrogen and oxygen atoms in total. The van der Waals surface area contributed by atoms with Crippen LogP contribution < -0.4 is 14.8 Å². The summed E-state index contributed by atoms with van der Waals surface area (Å²) >= 11 is 1.43. The first-order valence-electron chi connectivity index (χ1n) is 9.61. The minimum absolute atomic E-state index is 0.00520. The Morgan fingerprint density at radius 3 is 2.29 bits per heavy atom. The van der Waals surface area contributed by atoms with E-state index in [0.29, 0.717) is 28.5 Å². The molecule has 0 heterocycles. The third-order valence-electron chi connectivity index (χ3n) is 4.42. The second-order valence-corrected chi connectivity index (χ2v) is 7.59. The van der Waals surface area contributed by atoms with Gasteiger partial charge in [0, 0.05) is 22.2 Å². The fourth-order valence-electron chi connectivity index (χ4n) is 2.80. The maximum atomic E-state index is 12.5. The van der Waals surface area contributed by atoms with E-state index in [1.807, 2.05) is 54.6 Å². The molecule has 0 spiro atoms. The lowest BCUT2D eigenvalue weighted by Crippen LogP contribution is -2.07. The molecule has 3 aromatic rings. The maximum absolute atomic E-state index is 12.5. The van der Waals surface area contributed by atoms with E-state index in [1.54, 1.807) is 38.5 Å². The van der Waals surface area contributed by atoms with Crippen LogP contribution in [0.25, 0.3) is 6.08 Å². The summed E-state index contributed by atoms with van der Waals surface area (Å²) < 4.78 is 10.5. The first-order chi connectivity index (χ1) is 15.1. The van der Waals surface area contributed by atoms with Crippen molar-refractivity contribution in [3.05, 3.63) is 90.0 Å². The average molecular weight is 434 g/mol. The number of hydrogen-bond acceptors (Lipinski definition) is 5. The molecule has 3 aromatic carbocycles. The molecule has 158 valence electrons. The van der Waals surface area contributed by atoms with Crippen molar-refractivity contribution >= 4 is 35.2 Å². The molecule has 0 radical (unpaired) electrons. The number of thioether (sulfide) groups is 1. The molecule has 0 saturated carbocycles. The summed E-state index contributed by atoms with van der Waals surface area (Å²) in [5.74, 6) is 1.20. The van der Waals surface area contributed by atoms with Gasteiger partial charge in [0.2, 0.25) is 5.91 Å². The number of Topliss-reactive ketones (excluding diaryl/α,β-unsaturated/α-hetero) is 1. The molecular formula is C25H23NO4S. The van der Waals surface area contributed by atoms with E-state index in [4.69, 9.17) is 9.47 Å². The van der Waals surface area contributed by atoms with Crippen LogP contribution in [0.3, 0.4) is 0 Å². The van der Waals surface area contributed by atoms with Gasteiger partial charge in [0.05, 0.1) is 20.0 Å². The average Bonchev–Trinajstić information content (AvgIpc) is 2.82. The Bertz CT molecular complexity index is 1060. The Balaban J connectivity index is 1.53. The smallest absolute Gasteiger partial charge is 0.248 e. The van der Waals surface area contributed by atoms with Crippen LogP contribution >= 0.6 is 11.8 Å². The number of rotatable bonds is 9. The number of methoxy groups -OCH3 is 2. The second-order valence-electron chi connectivity index (χ2n) is 6.54. The van der Waals surface area contributed by atoms with Gasteiger partial charge in [0.25, 0.3) is 0 Å². The lowest BCUT2D eigenvalue weighted by molar-refractivity contribution is -0.111. The van der Waals surface area contributed by atoms with Crippen molar-refractivity contribution in [2.24, 2.45) is 0 Å². The number of anilines is 1. The van der Waals surface area contributed by atoms with Crippen molar-refractivity contribution in [1.82, 2.24) is 0 Å². The van der Waals surface area contributed by atoms with Gasteiger partial charge in [-0.05, 0) is 54.1 Å². The molecular weight excluding hydrogens is 410 g/mol. The Kier molecular flexibility index (Phi) is 7.90. The normalized spacial score (nSPS) is 10.6. The van der Waals surface area contributed by atoms with E-state index < -0.39 is 0 Å². The van der Waals surface area contributed by atoms with Crippen molar-refractivity contribution in [2.45, 2.75) is 4.90 Å². The zero-order valence-corrected chi connectivity index (χ0v) is 18.1. The lowest BCUT2D eigenvalue weighted by Gasteiger charge is -2.09. The summed E-state index contributed by atoms with van der Waals surface area (Å²) in [5, 5.41) is 2.83. The highest BCUT2D eigenvalue weighted by Crippen LogP contribution is 2.29. The molecule has 0 aromatic heterocycles. The SMILES string of the molecule is COc1ccc(C(=O)CSc2ccc(NC(=O)/C=C/c3ccccc3)cc2)cc1OC. The monoisotopic (exact) mass is 433 g/mol. The van der Waals surface area contributed by atoms with E-state index >= 15 is 0 Å². The number of carbonyl (C=O) groups is 2. The molecule has 0 fully saturated rings. The van der Waals surface area contributed by atoms with Gasteiger partial charge in [0.15, 0.2) is 17.3 Å². The standard InChI is InChI=1S/C25H23NO4S/c1-29-23-14-9-19(16-24(23)30-2)22(27)17-31-21-12-10-20(11-13-21)26-25(28)15-8-18-6-4-3-5-7-18/h3-16H,17H2,1-2H3,(H,26,28)/b15-8+. The highest BCUT2D eigenvalue weighted by molar-refractivity contribution is 8.00. The van der Waals surface area contributed by atoms with Crippen LogP contribution in [0.2, 0.25) is 0 Å². The van der Waals surface area contributed by atoms with Crippen LogP contribution in [0.15, 0.2) is 83.8 Å². The number of benzene rings is 3. The van der Waals surface area contributed by atoms with E-state index in [1.165, 1.54) is 17.8 Å². The fraction of sp³-hybridized carbons (Fsp3) is 0.120. The first-order valence-corrected chi connectivity index (χ1v) is 10.6. The number of amides is 1. The molecule has 0 aliphatic carbocycles. The van der Waals surface area contributed by atoms with E-state index in [0.717, 1.165) is 10.5 Å². The van der Waals surface area contributed by atoms with Gasteiger partial charge < -0.3 is 14.8 Å². The van der Waals surface area contributed by atoms with Crippen molar-refractivity contribution in [3.8, 4) is 11.5 Å². The molecule has 0 aliphatic rings. The number of hydrogen-bond donors (Lipinski definition) is 1. The fourth-order valence-corrected chi connectivity index (χ4v) is 3.59. The summed E-state index contributed by atoms with van der Waals surface area (Å²) in [4.78, 5) is 25.5. The van der Waals surface area contributed by atoms with Crippen LogP contribution in [0.4, 0.5) is 5.69 Å². The predicted octanol–water partition coefficient (Wildman–Crippen LogP) is 5.33. The maximum Gasteiger partial charge on any atom is 0.248 e. The summed E-state index contributed by atoms with van der Waals surface area (Å²) in [6, 6.07) is 22.2. The molecule has 0 bridgehead atoms. The van der Waals surface area contributed by atoms with Crippen LogP contribution in [-0.2, 0) is 4.79 Å². The van der Waals surface area contributed by atoms with Gasteiger partial charge in [-0.2, -0.15) is 0 Å². The summed E-state index contributed by atoms with van der Waals surface area (Å²) in [6.45, 7) is 0. The molecule has 0 atom stereocenters. The predicted molar refractivity (Wildman–Crippen MR) is 125 cm³/mol. The number of ketones is 1. The van der Waals surface area contributed by atoms with Crippen molar-refractivity contribution < 1.29 is 19.1 Å². The van der Waals surface area contributed by atoms with Crippen molar-refractivity contribution in [1.29, 1.82) is 0 Å². The summed E-state index contributed by atoms with van der Waals surface area (Å²) in [6.07, 6.45) is 3.26. The topological polar surface area (TPSA) is 64.6 Å². The number of ether oxygens (including phenoxy) is 2. The zero-order chi connectivity index (χ0) is 22.1. The van der Waals surface area contributed by atoms with E-state index in [2.05, 4.69) is 5.32 Å². The van der Waals surface area contributed by atoms with Gasteiger partial charge in [-0.3, -0.25) is 9.59 Å². The van der Waals surface area contributed by atoms with Crippen LogP contribution in [0.5, 0.6) is 11.5 Å². The molecule has 31 heavy (non-hydrogen) atoms. The molecule has 6 heteroatoms. The van der Waals surface area contributed by atoms with Crippen LogP contribution in [-0.4, -0.2) is 31.7 Å². The van der Waals surface area contributed by atoms with Gasteiger partial charge in [-0.1, -0.05) is 30.3 Å². The third-order valence-corrected chi connectivity index (χ3v) is 5.44. The number of carbonyl (C=O) groups excluding carboxylic acids is 2. The molecule has 0 unspecified atom stereocenters. The van der Waals surface area contributed by atoms with Gasteiger partial charge in [-0.25, -0.2) is 0 Å². The third kappa shape index (κ3) is 6.49. The Morgan fingerprint density at radius 2 is 1.61 bits per heavy atom. The highest BCUT2D eigenvalue weighted by Gasteiger charge is 2.11. The van der Waals surface area contributed by atoms with Gasteiger partial charge in [0.1, 0.15) is 0 Å². The molecule has 1 amide bonds. The molecule has 3 rings (SSSR count). The number of nitrogens with one attached hydrogen (secondary N) is 1. The van der Waals surface area contributed by atoms with E-state index in [9.17, 15) is 9.59 Å². The van der Waals surface area contributed by atoms with Crippen molar-refractivity contribution in [3.63, 3.8) is 0 Å². The first kappa shape index (κ1) is 22.2. The quantitative estimate of drug-likeness (QED) is 0.281. The van der Waals surface area contributed by atoms with Crippen molar-refractivity contribution in [2.75, 3.05) is 25.3 Å². The zero-order valence-electron chi connectivity index (χ0n) is 17.3.